The zero-order valence-corrected chi connectivity index (χ0v) is 10.1. The van der Waals surface area contributed by atoms with Crippen molar-refractivity contribution >= 4 is 5.52 Å². The molecule has 0 radical (unpaired) electrons. The second-order valence-electron chi connectivity index (χ2n) is 4.95. The van der Waals surface area contributed by atoms with E-state index in [1.54, 1.807) is 0 Å². The molecule has 0 atom stereocenters. The largest absolute Gasteiger partial charge is 0.241 e. The highest BCUT2D eigenvalue weighted by Crippen LogP contribution is 2.28. The van der Waals surface area contributed by atoms with Gasteiger partial charge in [-0.15, -0.1) is 0 Å². The minimum Gasteiger partial charge on any atom is -0.241 e. The molecule has 1 aliphatic rings. The van der Waals surface area contributed by atoms with E-state index in [0.717, 1.165) is 5.52 Å². The van der Waals surface area contributed by atoms with Crippen LogP contribution in [0.2, 0.25) is 0 Å². The molecule has 1 aromatic carbocycles. The third kappa shape index (κ3) is 1.46. The maximum Gasteiger partial charge on any atom is 0.0667 e. The lowest BCUT2D eigenvalue weighted by atomic mass is 10.0. The van der Waals surface area contributed by atoms with Crippen LogP contribution in [0.15, 0.2) is 48.8 Å². The van der Waals surface area contributed by atoms with Crippen molar-refractivity contribution in [3.8, 4) is 11.1 Å². The number of benzene rings is 1. The van der Waals surface area contributed by atoms with E-state index in [1.807, 2.05) is 23.0 Å². The number of aromatic nitrogens is 2. The third-order valence-electron chi connectivity index (χ3n) is 3.83. The minimum atomic E-state index is 1.15. The molecule has 18 heavy (non-hydrogen) atoms. The van der Waals surface area contributed by atoms with Crippen LogP contribution in [-0.4, -0.2) is 9.61 Å². The summed E-state index contributed by atoms with van der Waals surface area (Å²) in [4.78, 5) is 0. The van der Waals surface area contributed by atoms with Crippen molar-refractivity contribution in [1.82, 2.24) is 9.61 Å². The van der Waals surface area contributed by atoms with E-state index in [9.17, 15) is 0 Å². The van der Waals surface area contributed by atoms with Gasteiger partial charge < -0.3 is 0 Å². The quantitative estimate of drug-likeness (QED) is 0.630. The van der Waals surface area contributed by atoms with Gasteiger partial charge in [0.15, 0.2) is 0 Å². The van der Waals surface area contributed by atoms with E-state index in [0.29, 0.717) is 0 Å². The van der Waals surface area contributed by atoms with Gasteiger partial charge in [-0.05, 0) is 59.7 Å². The van der Waals surface area contributed by atoms with E-state index in [1.165, 1.54) is 41.5 Å². The number of hydrogen-bond donors (Lipinski definition) is 0. The van der Waals surface area contributed by atoms with Crippen molar-refractivity contribution in [3.05, 3.63) is 59.9 Å². The normalized spacial score (nSPS) is 14.0. The van der Waals surface area contributed by atoms with Gasteiger partial charge in [-0.25, -0.2) is 4.52 Å². The first-order chi connectivity index (χ1) is 8.90. The average Bonchev–Trinajstić information content (AvgIpc) is 3.05. The number of fused-ring (bicyclic) bond motifs is 2. The van der Waals surface area contributed by atoms with Crippen molar-refractivity contribution in [2.75, 3.05) is 0 Å². The summed E-state index contributed by atoms with van der Waals surface area (Å²) in [6.45, 7) is 0. The fourth-order valence-corrected chi connectivity index (χ4v) is 2.85. The third-order valence-corrected chi connectivity index (χ3v) is 3.83. The van der Waals surface area contributed by atoms with Crippen LogP contribution in [-0.2, 0) is 12.8 Å². The summed E-state index contributed by atoms with van der Waals surface area (Å²) in [5.74, 6) is 0. The molecule has 0 fully saturated rings. The SMILES string of the molecule is c1cc2cc(-c3ccc4c(c3)CCC4)ccn2n1. The van der Waals surface area contributed by atoms with E-state index < -0.39 is 0 Å². The Balaban J connectivity index is 1.86. The van der Waals surface area contributed by atoms with Gasteiger partial charge in [-0.3, -0.25) is 0 Å². The molecule has 3 aromatic rings. The summed E-state index contributed by atoms with van der Waals surface area (Å²) in [5, 5.41) is 4.23. The Morgan fingerprint density at radius 1 is 0.889 bits per heavy atom. The molecule has 88 valence electrons. The molecule has 2 heteroatoms. The minimum absolute atomic E-state index is 1.15. The lowest BCUT2D eigenvalue weighted by Gasteiger charge is -2.06. The van der Waals surface area contributed by atoms with Crippen LogP contribution < -0.4 is 0 Å². The van der Waals surface area contributed by atoms with Crippen LogP contribution in [0.25, 0.3) is 16.6 Å². The average molecular weight is 234 g/mol. The van der Waals surface area contributed by atoms with Crippen LogP contribution in [0.1, 0.15) is 17.5 Å². The fourth-order valence-electron chi connectivity index (χ4n) is 2.85. The topological polar surface area (TPSA) is 17.3 Å². The Morgan fingerprint density at radius 3 is 2.78 bits per heavy atom. The molecule has 0 aliphatic heterocycles. The highest BCUT2D eigenvalue weighted by molar-refractivity contribution is 5.69. The highest BCUT2D eigenvalue weighted by Gasteiger charge is 2.11. The fraction of sp³-hybridized carbons (Fsp3) is 0.188. The second kappa shape index (κ2) is 3.70. The maximum atomic E-state index is 4.23. The van der Waals surface area contributed by atoms with Gasteiger partial charge in [0.25, 0.3) is 0 Å². The summed E-state index contributed by atoms with van der Waals surface area (Å²) in [5.41, 5.74) is 6.80. The molecule has 0 saturated heterocycles. The lowest BCUT2D eigenvalue weighted by molar-refractivity contribution is 0.912. The first kappa shape index (κ1) is 9.89. The van der Waals surface area contributed by atoms with Gasteiger partial charge in [0.05, 0.1) is 5.52 Å². The first-order valence-corrected chi connectivity index (χ1v) is 6.46. The summed E-state index contributed by atoms with van der Waals surface area (Å²) in [7, 11) is 0. The number of pyridine rings is 1. The second-order valence-corrected chi connectivity index (χ2v) is 4.95. The Bertz CT molecular complexity index is 725. The Hall–Kier alpha value is -2.09. The van der Waals surface area contributed by atoms with E-state index in [2.05, 4.69) is 35.4 Å². The van der Waals surface area contributed by atoms with E-state index in [-0.39, 0.29) is 0 Å². The van der Waals surface area contributed by atoms with Crippen molar-refractivity contribution in [3.63, 3.8) is 0 Å². The summed E-state index contributed by atoms with van der Waals surface area (Å²) < 4.78 is 1.90. The molecule has 0 N–H and O–H groups in total. The molecule has 0 amide bonds. The molecule has 0 spiro atoms. The number of aryl methyl sites for hydroxylation is 2. The lowest BCUT2D eigenvalue weighted by Crippen LogP contribution is -1.88. The molecule has 0 saturated carbocycles. The Morgan fingerprint density at radius 2 is 1.78 bits per heavy atom. The van der Waals surface area contributed by atoms with Crippen molar-refractivity contribution in [2.24, 2.45) is 0 Å². The van der Waals surface area contributed by atoms with Crippen LogP contribution >= 0.6 is 0 Å². The molecule has 0 unspecified atom stereocenters. The van der Waals surface area contributed by atoms with Crippen molar-refractivity contribution in [2.45, 2.75) is 19.3 Å². The molecule has 2 nitrogen and oxygen atoms in total. The summed E-state index contributed by atoms with van der Waals surface area (Å²) in [6.07, 6.45) is 7.65. The predicted octanol–water partition coefficient (Wildman–Crippen LogP) is 3.49. The molecule has 0 bridgehead atoms. The van der Waals surface area contributed by atoms with Gasteiger partial charge in [0.2, 0.25) is 0 Å². The maximum absolute atomic E-state index is 4.23. The molecule has 1 aliphatic carbocycles. The van der Waals surface area contributed by atoms with Crippen molar-refractivity contribution < 1.29 is 0 Å². The summed E-state index contributed by atoms with van der Waals surface area (Å²) in [6, 6.07) is 13.3. The van der Waals surface area contributed by atoms with E-state index in [4.69, 9.17) is 0 Å². The number of rotatable bonds is 1. The zero-order valence-electron chi connectivity index (χ0n) is 10.1. The van der Waals surface area contributed by atoms with Crippen LogP contribution in [0.3, 0.4) is 0 Å². The predicted molar refractivity (Wildman–Crippen MR) is 72.7 cm³/mol. The number of hydrogen-bond acceptors (Lipinski definition) is 1. The highest BCUT2D eigenvalue weighted by atomic mass is 15.2. The van der Waals surface area contributed by atoms with Crippen LogP contribution in [0.4, 0.5) is 0 Å². The molecular weight excluding hydrogens is 220 g/mol. The molecule has 4 rings (SSSR count). The van der Waals surface area contributed by atoms with Gasteiger partial charge in [0, 0.05) is 12.4 Å². The summed E-state index contributed by atoms with van der Waals surface area (Å²) >= 11 is 0. The smallest absolute Gasteiger partial charge is 0.0667 e. The zero-order chi connectivity index (χ0) is 11.9. The van der Waals surface area contributed by atoms with E-state index >= 15 is 0 Å². The molecule has 2 heterocycles. The standard InChI is InChI=1S/C16H14N2/c1-2-12-4-5-14(10-13(12)3-1)15-7-9-18-16(11-15)6-8-17-18/h4-11H,1-3H2. The van der Waals surface area contributed by atoms with Gasteiger partial charge in [0.1, 0.15) is 0 Å². The molecule has 2 aromatic heterocycles. The Labute approximate surface area is 106 Å². The van der Waals surface area contributed by atoms with Gasteiger partial charge in [-0.1, -0.05) is 18.2 Å². The Kier molecular flexibility index (Phi) is 2.04. The van der Waals surface area contributed by atoms with Crippen LogP contribution in [0, 0.1) is 0 Å². The van der Waals surface area contributed by atoms with Crippen LogP contribution in [0.5, 0.6) is 0 Å². The van der Waals surface area contributed by atoms with Gasteiger partial charge in [-0.2, -0.15) is 5.10 Å². The number of nitrogens with zero attached hydrogens (tertiary/aromatic N) is 2. The first-order valence-electron chi connectivity index (χ1n) is 6.46. The van der Waals surface area contributed by atoms with Gasteiger partial charge >= 0.3 is 0 Å². The monoisotopic (exact) mass is 234 g/mol. The molecular formula is C16H14N2. The van der Waals surface area contributed by atoms with Crippen molar-refractivity contribution in [1.29, 1.82) is 0 Å².